The Balaban J connectivity index is 1.68. The number of fused-ring (bicyclic) bond motifs is 1. The second-order valence-electron chi connectivity index (χ2n) is 5.22. The molecule has 2 heterocycles. The van der Waals surface area contributed by atoms with Gasteiger partial charge in [-0.15, -0.1) is 0 Å². The van der Waals surface area contributed by atoms with E-state index in [1.165, 1.54) is 0 Å². The molecule has 0 atom stereocenters. The lowest BCUT2D eigenvalue weighted by atomic mass is 10.0. The zero-order valence-corrected chi connectivity index (χ0v) is 12.5. The smallest absolute Gasteiger partial charge is 0.354 e. The Labute approximate surface area is 136 Å². The van der Waals surface area contributed by atoms with Crippen LogP contribution in [-0.4, -0.2) is 39.3 Å². The van der Waals surface area contributed by atoms with Crippen molar-refractivity contribution in [1.82, 2.24) is 15.3 Å². The van der Waals surface area contributed by atoms with E-state index >= 15 is 0 Å². The average molecular weight is 327 g/mol. The highest BCUT2D eigenvalue weighted by molar-refractivity contribution is 5.94. The van der Waals surface area contributed by atoms with Gasteiger partial charge < -0.3 is 15.2 Å². The molecule has 0 saturated carbocycles. The zero-order chi connectivity index (χ0) is 17.1. The summed E-state index contributed by atoms with van der Waals surface area (Å²) in [5.41, 5.74) is 1.31. The highest BCUT2D eigenvalue weighted by Gasteiger charge is 2.17. The van der Waals surface area contributed by atoms with Crippen LogP contribution in [0.2, 0.25) is 0 Å². The third-order valence-corrected chi connectivity index (χ3v) is 3.47. The first-order valence-corrected chi connectivity index (χ1v) is 7.13. The lowest BCUT2D eigenvalue weighted by molar-refractivity contribution is -0.121. The lowest BCUT2D eigenvalue weighted by Gasteiger charge is -2.17. The first-order chi connectivity index (χ1) is 11.5. The molecular formula is C16H13N3O5. The number of carboxylic acids is 1. The van der Waals surface area contributed by atoms with Crippen LogP contribution in [0.5, 0.6) is 5.75 Å². The molecule has 0 radical (unpaired) electrons. The van der Waals surface area contributed by atoms with E-state index in [0.29, 0.717) is 12.2 Å². The van der Waals surface area contributed by atoms with Gasteiger partial charge in [-0.25, -0.2) is 14.8 Å². The molecular weight excluding hydrogens is 314 g/mol. The fraction of sp³-hybridized carbons (Fsp3) is 0.188. The maximum atomic E-state index is 12.1. The number of Topliss-reactive ketones (excluding diaryl/α,β-unsaturated/α-hetero) is 1. The van der Waals surface area contributed by atoms with Gasteiger partial charge in [-0.3, -0.25) is 9.59 Å². The number of nitrogens with zero attached hydrogens (tertiary/aromatic N) is 2. The molecule has 24 heavy (non-hydrogen) atoms. The average Bonchev–Trinajstić information content (AvgIpc) is 2.59. The number of hydrogen-bond acceptors (Lipinski definition) is 6. The number of amides is 1. The number of nitrogens with one attached hydrogen (secondary N) is 1. The Morgan fingerprint density at radius 3 is 2.79 bits per heavy atom. The molecule has 1 aliphatic rings. The van der Waals surface area contributed by atoms with Gasteiger partial charge in [-0.2, -0.15) is 0 Å². The third kappa shape index (κ3) is 3.37. The number of ketones is 1. The molecule has 3 rings (SSSR count). The summed E-state index contributed by atoms with van der Waals surface area (Å²) in [5.74, 6) is -1.06. The molecule has 0 aliphatic carbocycles. The topological polar surface area (TPSA) is 118 Å². The van der Waals surface area contributed by atoms with Crippen LogP contribution in [0.25, 0.3) is 0 Å². The summed E-state index contributed by atoms with van der Waals surface area (Å²) < 4.78 is 5.31. The van der Waals surface area contributed by atoms with E-state index < -0.39 is 11.9 Å². The molecule has 8 heteroatoms. The van der Waals surface area contributed by atoms with Crippen LogP contribution < -0.4 is 10.1 Å². The van der Waals surface area contributed by atoms with Crippen molar-refractivity contribution in [2.24, 2.45) is 0 Å². The van der Waals surface area contributed by atoms with Crippen molar-refractivity contribution >= 4 is 17.7 Å². The van der Waals surface area contributed by atoms with Crippen molar-refractivity contribution in [3.05, 3.63) is 53.1 Å². The molecule has 1 aromatic carbocycles. The summed E-state index contributed by atoms with van der Waals surface area (Å²) in [6, 6.07) is 6.46. The number of aromatic carboxylic acids is 1. The van der Waals surface area contributed by atoms with Crippen LogP contribution in [0, 0.1) is 0 Å². The number of carbonyl (C=O) groups excluding carboxylic acids is 2. The van der Waals surface area contributed by atoms with E-state index in [9.17, 15) is 14.4 Å². The molecule has 0 bridgehead atoms. The molecule has 0 fully saturated rings. The number of rotatable bonds is 4. The monoisotopic (exact) mass is 327 g/mol. The number of benzene rings is 1. The summed E-state index contributed by atoms with van der Waals surface area (Å²) in [6.07, 6.45) is 1.34. The Morgan fingerprint density at radius 2 is 2.00 bits per heavy atom. The van der Waals surface area contributed by atoms with Gasteiger partial charge in [0, 0.05) is 24.6 Å². The van der Waals surface area contributed by atoms with E-state index in [4.69, 9.17) is 9.84 Å². The van der Waals surface area contributed by atoms with Crippen LogP contribution in [0.15, 0.2) is 30.6 Å². The van der Waals surface area contributed by atoms with Crippen LogP contribution in [0.1, 0.15) is 32.1 Å². The standard InChI is InChI=1S/C16H13N3O5/c20-11-4-10-3-9(1-2-14(10)24-7-11)6-17-15(21)12-5-13(16(22)23)19-8-18-12/h1-3,5,8H,4,6-7H2,(H,17,21)(H,22,23). The lowest BCUT2D eigenvalue weighted by Crippen LogP contribution is -2.25. The van der Waals surface area contributed by atoms with E-state index in [0.717, 1.165) is 23.5 Å². The van der Waals surface area contributed by atoms with Crippen molar-refractivity contribution in [1.29, 1.82) is 0 Å². The molecule has 2 aromatic rings. The second kappa shape index (κ2) is 6.45. The van der Waals surface area contributed by atoms with Gasteiger partial charge in [0.2, 0.25) is 0 Å². The Morgan fingerprint density at radius 1 is 1.21 bits per heavy atom. The van der Waals surface area contributed by atoms with Crippen LogP contribution in [-0.2, 0) is 17.8 Å². The zero-order valence-electron chi connectivity index (χ0n) is 12.5. The van der Waals surface area contributed by atoms with Gasteiger partial charge in [0.25, 0.3) is 5.91 Å². The molecule has 2 N–H and O–H groups in total. The van der Waals surface area contributed by atoms with Crippen LogP contribution >= 0.6 is 0 Å². The van der Waals surface area contributed by atoms with E-state index in [-0.39, 0.29) is 30.3 Å². The first kappa shape index (κ1) is 15.6. The van der Waals surface area contributed by atoms with Crippen LogP contribution in [0.4, 0.5) is 0 Å². The number of aromatic nitrogens is 2. The molecule has 8 nitrogen and oxygen atoms in total. The summed E-state index contributed by atoms with van der Waals surface area (Å²) >= 11 is 0. The Hall–Kier alpha value is -3.29. The molecule has 0 spiro atoms. The van der Waals surface area contributed by atoms with Gasteiger partial charge in [-0.1, -0.05) is 6.07 Å². The number of carbonyl (C=O) groups is 3. The minimum Gasteiger partial charge on any atom is -0.486 e. The third-order valence-electron chi connectivity index (χ3n) is 3.47. The van der Waals surface area contributed by atoms with E-state index in [1.807, 2.05) is 0 Å². The molecule has 0 unspecified atom stereocenters. The van der Waals surface area contributed by atoms with Crippen molar-refractivity contribution in [3.8, 4) is 5.75 Å². The highest BCUT2D eigenvalue weighted by atomic mass is 16.5. The van der Waals surface area contributed by atoms with Crippen molar-refractivity contribution in [2.75, 3.05) is 6.61 Å². The summed E-state index contributed by atoms with van der Waals surface area (Å²) in [6.45, 7) is 0.301. The van der Waals surface area contributed by atoms with Crippen molar-refractivity contribution < 1.29 is 24.2 Å². The quantitative estimate of drug-likeness (QED) is 0.844. The molecule has 0 saturated heterocycles. The predicted octanol–water partition coefficient (Wildman–Crippen LogP) is 0.609. The molecule has 1 aliphatic heterocycles. The summed E-state index contributed by atoms with van der Waals surface area (Å²) in [7, 11) is 0. The normalized spacial score (nSPS) is 12.9. The van der Waals surface area contributed by atoms with Gasteiger partial charge in [0.15, 0.2) is 11.5 Å². The molecule has 1 aromatic heterocycles. The van der Waals surface area contributed by atoms with E-state index in [1.54, 1.807) is 18.2 Å². The predicted molar refractivity (Wildman–Crippen MR) is 80.8 cm³/mol. The van der Waals surface area contributed by atoms with Gasteiger partial charge in [0.05, 0.1) is 0 Å². The summed E-state index contributed by atoms with van der Waals surface area (Å²) in [5, 5.41) is 11.5. The summed E-state index contributed by atoms with van der Waals surface area (Å²) in [4.78, 5) is 41.7. The molecule has 1 amide bonds. The maximum absolute atomic E-state index is 12.1. The number of ether oxygens (including phenoxy) is 1. The van der Waals surface area contributed by atoms with E-state index in [2.05, 4.69) is 15.3 Å². The minimum atomic E-state index is -1.23. The highest BCUT2D eigenvalue weighted by Crippen LogP contribution is 2.24. The molecule has 122 valence electrons. The largest absolute Gasteiger partial charge is 0.486 e. The number of hydrogen-bond donors (Lipinski definition) is 2. The second-order valence-corrected chi connectivity index (χ2v) is 5.22. The van der Waals surface area contributed by atoms with Crippen LogP contribution in [0.3, 0.4) is 0 Å². The van der Waals surface area contributed by atoms with Gasteiger partial charge in [-0.05, 0) is 17.7 Å². The number of carboxylic acid groups (broad SMARTS) is 1. The van der Waals surface area contributed by atoms with Crippen molar-refractivity contribution in [2.45, 2.75) is 13.0 Å². The Bertz CT molecular complexity index is 834. The first-order valence-electron chi connectivity index (χ1n) is 7.13. The van der Waals surface area contributed by atoms with Crippen molar-refractivity contribution in [3.63, 3.8) is 0 Å². The fourth-order valence-corrected chi connectivity index (χ4v) is 2.31. The van der Waals surface area contributed by atoms with Gasteiger partial charge in [0.1, 0.15) is 24.4 Å². The fourth-order valence-electron chi connectivity index (χ4n) is 2.31. The van der Waals surface area contributed by atoms with Gasteiger partial charge >= 0.3 is 5.97 Å². The Kier molecular flexibility index (Phi) is 4.19. The maximum Gasteiger partial charge on any atom is 0.354 e. The SMILES string of the molecule is O=C1COc2ccc(CNC(=O)c3cc(C(=O)O)ncn3)cc2C1. The minimum absolute atomic E-state index is 0.00544.